The van der Waals surface area contributed by atoms with E-state index < -0.39 is 0 Å². The van der Waals surface area contributed by atoms with Crippen LogP contribution in [-0.4, -0.2) is 5.78 Å². The van der Waals surface area contributed by atoms with Crippen molar-refractivity contribution in [1.29, 1.82) is 0 Å². The first-order valence-corrected chi connectivity index (χ1v) is 6.56. The SMILES string of the molecule is C=C(CC#CC(=O)c1ccccc1)c1ccc(Cl)cc1. The molecule has 0 aliphatic carbocycles. The Labute approximate surface area is 123 Å². The van der Waals surface area contributed by atoms with Crippen molar-refractivity contribution in [2.75, 3.05) is 0 Å². The van der Waals surface area contributed by atoms with Crippen molar-refractivity contribution in [3.05, 3.63) is 77.3 Å². The minimum Gasteiger partial charge on any atom is -0.279 e. The van der Waals surface area contributed by atoms with Gasteiger partial charge >= 0.3 is 0 Å². The van der Waals surface area contributed by atoms with Gasteiger partial charge in [-0.1, -0.05) is 66.6 Å². The van der Waals surface area contributed by atoms with Gasteiger partial charge in [0, 0.05) is 17.0 Å². The third-order valence-corrected chi connectivity index (χ3v) is 3.04. The summed E-state index contributed by atoms with van der Waals surface area (Å²) in [5.41, 5.74) is 2.46. The summed E-state index contributed by atoms with van der Waals surface area (Å²) in [7, 11) is 0. The number of benzene rings is 2. The molecule has 2 aromatic carbocycles. The smallest absolute Gasteiger partial charge is 0.235 e. The third kappa shape index (κ3) is 3.85. The monoisotopic (exact) mass is 280 g/mol. The van der Waals surface area contributed by atoms with Gasteiger partial charge in [-0.2, -0.15) is 0 Å². The fraction of sp³-hybridized carbons (Fsp3) is 0.0556. The number of halogens is 1. The summed E-state index contributed by atoms with van der Waals surface area (Å²) in [5, 5.41) is 0.687. The van der Waals surface area contributed by atoms with E-state index in [1.807, 2.05) is 42.5 Å². The Balaban J connectivity index is 1.99. The Morgan fingerprint density at radius 3 is 2.30 bits per heavy atom. The molecule has 0 amide bonds. The molecule has 98 valence electrons. The van der Waals surface area contributed by atoms with Gasteiger partial charge in [-0.15, -0.1) is 0 Å². The first-order chi connectivity index (χ1) is 9.66. The van der Waals surface area contributed by atoms with Crippen molar-refractivity contribution < 1.29 is 4.79 Å². The zero-order chi connectivity index (χ0) is 14.4. The lowest BCUT2D eigenvalue weighted by molar-refractivity contribution is 0.105. The molecule has 0 aliphatic rings. The van der Waals surface area contributed by atoms with Crippen molar-refractivity contribution in [3.8, 4) is 11.8 Å². The van der Waals surface area contributed by atoms with Crippen molar-refractivity contribution in [2.45, 2.75) is 6.42 Å². The summed E-state index contributed by atoms with van der Waals surface area (Å²) in [4.78, 5) is 11.8. The molecule has 0 aromatic heterocycles. The molecule has 2 rings (SSSR count). The molecule has 0 saturated carbocycles. The molecule has 0 atom stereocenters. The molecule has 2 heteroatoms. The molecular weight excluding hydrogens is 268 g/mol. The van der Waals surface area contributed by atoms with Crippen LogP contribution in [0, 0.1) is 11.8 Å². The van der Waals surface area contributed by atoms with E-state index in [1.54, 1.807) is 12.1 Å². The molecule has 0 aliphatic heterocycles. The minimum atomic E-state index is -0.172. The van der Waals surface area contributed by atoms with Gasteiger partial charge in [0.1, 0.15) is 0 Å². The maximum atomic E-state index is 11.8. The molecule has 20 heavy (non-hydrogen) atoms. The van der Waals surface area contributed by atoms with Crippen LogP contribution in [0.1, 0.15) is 22.3 Å². The van der Waals surface area contributed by atoms with Crippen LogP contribution in [0.4, 0.5) is 0 Å². The molecule has 0 saturated heterocycles. The maximum absolute atomic E-state index is 11.8. The van der Waals surface area contributed by atoms with Crippen LogP contribution in [0.5, 0.6) is 0 Å². The summed E-state index contributed by atoms with van der Waals surface area (Å²) >= 11 is 5.83. The molecule has 0 fully saturated rings. The zero-order valence-corrected chi connectivity index (χ0v) is 11.7. The first-order valence-electron chi connectivity index (χ1n) is 6.19. The van der Waals surface area contributed by atoms with E-state index in [0.29, 0.717) is 17.0 Å². The first kappa shape index (κ1) is 14.1. The standard InChI is InChI=1S/C18H13ClO/c1-14(15-10-12-17(19)13-11-15)6-5-9-18(20)16-7-3-2-4-8-16/h2-4,7-8,10-13H,1,6H2. The van der Waals surface area contributed by atoms with Crippen LogP contribution >= 0.6 is 11.6 Å². The Bertz CT molecular complexity index is 673. The number of hydrogen-bond donors (Lipinski definition) is 0. The van der Waals surface area contributed by atoms with Gasteiger partial charge in [-0.25, -0.2) is 0 Å². The number of rotatable bonds is 3. The molecule has 0 bridgehead atoms. The molecule has 0 unspecified atom stereocenters. The minimum absolute atomic E-state index is 0.172. The van der Waals surface area contributed by atoms with Crippen LogP contribution in [0.15, 0.2) is 61.2 Å². The van der Waals surface area contributed by atoms with Gasteiger partial charge in [0.2, 0.25) is 5.78 Å². The third-order valence-electron chi connectivity index (χ3n) is 2.79. The van der Waals surface area contributed by atoms with Crippen LogP contribution < -0.4 is 0 Å². The van der Waals surface area contributed by atoms with Crippen molar-refractivity contribution in [2.24, 2.45) is 0 Å². The lowest BCUT2D eigenvalue weighted by Gasteiger charge is -2.01. The largest absolute Gasteiger partial charge is 0.279 e. The molecular formula is C18H13ClO. The van der Waals surface area contributed by atoms with Crippen LogP contribution in [-0.2, 0) is 0 Å². The summed E-state index contributed by atoms with van der Waals surface area (Å²) in [6.07, 6.45) is 0.459. The molecule has 0 heterocycles. The number of carbonyl (C=O) groups is 1. The Morgan fingerprint density at radius 1 is 1.00 bits per heavy atom. The van der Waals surface area contributed by atoms with Crippen molar-refractivity contribution in [1.82, 2.24) is 0 Å². The van der Waals surface area contributed by atoms with Gasteiger partial charge in [0.25, 0.3) is 0 Å². The summed E-state index contributed by atoms with van der Waals surface area (Å²) in [5.74, 6) is 5.33. The van der Waals surface area contributed by atoms with Gasteiger partial charge in [0.05, 0.1) is 0 Å². The second-order valence-electron chi connectivity index (χ2n) is 4.28. The number of ketones is 1. The summed E-state index contributed by atoms with van der Waals surface area (Å²) < 4.78 is 0. The van der Waals surface area contributed by atoms with Crippen LogP contribution in [0.2, 0.25) is 5.02 Å². The highest BCUT2D eigenvalue weighted by molar-refractivity contribution is 6.30. The predicted octanol–water partition coefficient (Wildman–Crippen LogP) is 4.63. The van der Waals surface area contributed by atoms with Crippen LogP contribution in [0.25, 0.3) is 5.57 Å². The van der Waals surface area contributed by atoms with Crippen LogP contribution in [0.3, 0.4) is 0 Å². The number of hydrogen-bond acceptors (Lipinski definition) is 1. The highest BCUT2D eigenvalue weighted by atomic mass is 35.5. The Hall–Kier alpha value is -2.30. The maximum Gasteiger partial charge on any atom is 0.235 e. The molecule has 2 aromatic rings. The Morgan fingerprint density at radius 2 is 1.65 bits per heavy atom. The summed E-state index contributed by atoms with van der Waals surface area (Å²) in [6.45, 7) is 3.97. The van der Waals surface area contributed by atoms with Gasteiger partial charge in [-0.05, 0) is 29.2 Å². The van der Waals surface area contributed by atoms with E-state index >= 15 is 0 Å². The average molecular weight is 281 g/mol. The molecule has 0 spiro atoms. The molecule has 0 N–H and O–H groups in total. The number of allylic oxidation sites excluding steroid dienone is 1. The van der Waals surface area contributed by atoms with E-state index in [-0.39, 0.29) is 5.78 Å². The van der Waals surface area contributed by atoms with Gasteiger partial charge < -0.3 is 0 Å². The van der Waals surface area contributed by atoms with E-state index in [1.165, 1.54) is 0 Å². The fourth-order valence-corrected chi connectivity index (χ4v) is 1.81. The number of carbonyl (C=O) groups excluding carboxylic acids is 1. The van der Waals surface area contributed by atoms with Gasteiger partial charge in [0.15, 0.2) is 0 Å². The number of Topliss-reactive ketones (excluding diaryl/α,β-unsaturated/α-hetero) is 1. The summed E-state index contributed by atoms with van der Waals surface area (Å²) in [6, 6.07) is 16.4. The van der Waals surface area contributed by atoms with Gasteiger partial charge in [-0.3, -0.25) is 4.79 Å². The van der Waals surface area contributed by atoms with E-state index in [9.17, 15) is 4.79 Å². The second-order valence-corrected chi connectivity index (χ2v) is 4.72. The highest BCUT2D eigenvalue weighted by Gasteiger charge is 2.00. The fourth-order valence-electron chi connectivity index (χ4n) is 1.68. The lowest BCUT2D eigenvalue weighted by Crippen LogP contribution is -1.93. The van der Waals surface area contributed by atoms with E-state index in [2.05, 4.69) is 18.4 Å². The average Bonchev–Trinajstić information content (AvgIpc) is 2.48. The zero-order valence-electron chi connectivity index (χ0n) is 10.9. The van der Waals surface area contributed by atoms with Crippen molar-refractivity contribution >= 4 is 23.0 Å². The Kier molecular flexibility index (Phi) is 4.76. The van der Waals surface area contributed by atoms with Crippen molar-refractivity contribution in [3.63, 3.8) is 0 Å². The quantitative estimate of drug-likeness (QED) is 0.455. The second kappa shape index (κ2) is 6.75. The molecule has 0 radical (unpaired) electrons. The van der Waals surface area contributed by atoms with E-state index in [0.717, 1.165) is 11.1 Å². The highest BCUT2D eigenvalue weighted by Crippen LogP contribution is 2.18. The lowest BCUT2D eigenvalue weighted by atomic mass is 10.0. The van der Waals surface area contributed by atoms with E-state index in [4.69, 9.17) is 11.6 Å². The topological polar surface area (TPSA) is 17.1 Å². The molecule has 1 nitrogen and oxygen atoms in total. The normalized spacial score (nSPS) is 9.45. The predicted molar refractivity (Wildman–Crippen MR) is 83.7 cm³/mol.